The predicted octanol–water partition coefficient (Wildman–Crippen LogP) is 3.04. The molecule has 0 unspecified atom stereocenters. The van der Waals surface area contributed by atoms with E-state index in [4.69, 9.17) is 0 Å². The van der Waals surface area contributed by atoms with Crippen molar-refractivity contribution in [1.29, 1.82) is 0 Å². The van der Waals surface area contributed by atoms with Gasteiger partial charge in [0.15, 0.2) is 0 Å². The topological polar surface area (TPSA) is 25.8 Å². The van der Waals surface area contributed by atoms with E-state index in [9.17, 15) is 0 Å². The Balaban J connectivity index is 2.29. The van der Waals surface area contributed by atoms with Crippen LogP contribution in [0.5, 0.6) is 0 Å². The van der Waals surface area contributed by atoms with Crippen molar-refractivity contribution in [1.82, 2.24) is 9.97 Å². The quantitative estimate of drug-likeness (QED) is 0.737. The van der Waals surface area contributed by atoms with E-state index < -0.39 is 0 Å². The number of rotatable bonds is 2. The summed E-state index contributed by atoms with van der Waals surface area (Å²) in [5, 5.41) is 0. The molecule has 74 valence electrons. The molecule has 0 amide bonds. The second-order valence-corrected chi connectivity index (χ2v) is 3.30. The van der Waals surface area contributed by atoms with E-state index in [2.05, 4.69) is 9.97 Å². The molecule has 2 aromatic rings. The molecule has 0 spiro atoms. The van der Waals surface area contributed by atoms with Crippen LogP contribution in [0.2, 0.25) is 0 Å². The first kappa shape index (κ1) is 9.59. The Kier molecular flexibility index (Phi) is 2.88. The van der Waals surface area contributed by atoms with Crippen LogP contribution in [-0.2, 0) is 0 Å². The molecular formula is C13H12N2. The third-order valence-electron chi connectivity index (χ3n) is 2.12. The lowest BCUT2D eigenvalue weighted by atomic mass is 10.1. The fraction of sp³-hybridized carbons (Fsp3) is 0.0769. The normalized spacial score (nSPS) is 11.4. The molecule has 0 radical (unpaired) electrons. The van der Waals surface area contributed by atoms with Gasteiger partial charge in [0.2, 0.25) is 0 Å². The van der Waals surface area contributed by atoms with Crippen LogP contribution in [0.1, 0.15) is 18.3 Å². The maximum Gasteiger partial charge on any atom is 0.0659 e. The summed E-state index contributed by atoms with van der Waals surface area (Å²) >= 11 is 0. The zero-order valence-corrected chi connectivity index (χ0v) is 8.59. The van der Waals surface area contributed by atoms with Crippen molar-refractivity contribution < 1.29 is 0 Å². The molecule has 2 aromatic heterocycles. The lowest BCUT2D eigenvalue weighted by Crippen LogP contribution is -1.85. The first-order valence-corrected chi connectivity index (χ1v) is 4.87. The van der Waals surface area contributed by atoms with Crippen LogP contribution in [0, 0.1) is 0 Å². The second-order valence-electron chi connectivity index (χ2n) is 3.30. The number of hydrogen-bond acceptors (Lipinski definition) is 2. The van der Waals surface area contributed by atoms with Crippen LogP contribution in [0.15, 0.2) is 48.8 Å². The Morgan fingerprint density at radius 3 is 2.33 bits per heavy atom. The van der Waals surface area contributed by atoms with Gasteiger partial charge in [0, 0.05) is 12.4 Å². The molecule has 0 aliphatic heterocycles. The maximum absolute atomic E-state index is 4.28. The highest BCUT2D eigenvalue weighted by Gasteiger charge is 1.95. The summed E-state index contributed by atoms with van der Waals surface area (Å²) in [4.78, 5) is 8.52. The maximum atomic E-state index is 4.28. The molecule has 0 saturated heterocycles. The number of allylic oxidation sites excluding steroid dienone is 1. The lowest BCUT2D eigenvalue weighted by Gasteiger charge is -1.99. The van der Waals surface area contributed by atoms with Gasteiger partial charge >= 0.3 is 0 Å². The number of aromatic nitrogens is 2. The summed E-state index contributed by atoms with van der Waals surface area (Å²) in [7, 11) is 0. The molecule has 0 aromatic carbocycles. The van der Waals surface area contributed by atoms with E-state index in [1.165, 1.54) is 0 Å². The fourth-order valence-electron chi connectivity index (χ4n) is 1.35. The van der Waals surface area contributed by atoms with Gasteiger partial charge < -0.3 is 0 Å². The third kappa shape index (κ3) is 2.50. The Labute approximate surface area is 89.3 Å². The van der Waals surface area contributed by atoms with Crippen molar-refractivity contribution >= 4 is 11.6 Å². The molecule has 0 saturated carbocycles. The van der Waals surface area contributed by atoms with E-state index in [0.29, 0.717) is 0 Å². The van der Waals surface area contributed by atoms with Gasteiger partial charge in [-0.1, -0.05) is 12.1 Å². The zero-order valence-electron chi connectivity index (χ0n) is 8.59. The van der Waals surface area contributed by atoms with Crippen molar-refractivity contribution in [3.63, 3.8) is 0 Å². The van der Waals surface area contributed by atoms with Crippen molar-refractivity contribution in [2.24, 2.45) is 0 Å². The Hall–Kier alpha value is -1.96. The van der Waals surface area contributed by atoms with Crippen molar-refractivity contribution in [3.8, 4) is 0 Å². The second kappa shape index (κ2) is 4.51. The first-order chi connectivity index (χ1) is 7.36. The Morgan fingerprint density at radius 1 is 1.00 bits per heavy atom. The van der Waals surface area contributed by atoms with Gasteiger partial charge in [-0.2, -0.15) is 0 Å². The minimum absolute atomic E-state index is 0.959. The van der Waals surface area contributed by atoms with Crippen LogP contribution in [0.25, 0.3) is 11.6 Å². The van der Waals surface area contributed by atoms with Gasteiger partial charge in [0.1, 0.15) is 0 Å². The largest absolute Gasteiger partial charge is 0.257 e. The van der Waals surface area contributed by atoms with Crippen LogP contribution >= 0.6 is 0 Å². The summed E-state index contributed by atoms with van der Waals surface area (Å²) in [5.41, 5.74) is 3.07. The highest BCUT2D eigenvalue weighted by Crippen LogP contribution is 2.13. The van der Waals surface area contributed by atoms with Gasteiger partial charge in [-0.3, -0.25) is 9.97 Å². The van der Waals surface area contributed by atoms with E-state index in [1.54, 1.807) is 12.4 Å². The van der Waals surface area contributed by atoms with Crippen molar-refractivity contribution in [2.75, 3.05) is 0 Å². The summed E-state index contributed by atoms with van der Waals surface area (Å²) in [5.74, 6) is 0. The van der Waals surface area contributed by atoms with Gasteiger partial charge in [0.25, 0.3) is 0 Å². The van der Waals surface area contributed by atoms with E-state index in [-0.39, 0.29) is 0 Å². The number of pyridine rings is 2. The van der Waals surface area contributed by atoms with Crippen LogP contribution < -0.4 is 0 Å². The molecule has 0 bridgehead atoms. The minimum atomic E-state index is 0.959. The molecule has 2 rings (SSSR count). The Bertz CT molecular complexity index is 446. The van der Waals surface area contributed by atoms with Gasteiger partial charge in [-0.05, 0) is 42.8 Å². The van der Waals surface area contributed by atoms with Gasteiger partial charge in [-0.25, -0.2) is 0 Å². The summed E-state index contributed by atoms with van der Waals surface area (Å²) in [6.07, 6.45) is 5.62. The van der Waals surface area contributed by atoms with Crippen LogP contribution in [-0.4, -0.2) is 9.97 Å². The Morgan fingerprint density at radius 2 is 1.73 bits per heavy atom. The average Bonchev–Trinajstić information content (AvgIpc) is 2.31. The standard InChI is InChI=1S/C13H12N2/c1-11(13-7-3-5-9-15-13)10-12-6-2-4-8-14-12/h2-10H,1H3. The number of nitrogens with zero attached hydrogens (tertiary/aromatic N) is 2. The summed E-state index contributed by atoms with van der Waals surface area (Å²) < 4.78 is 0. The molecule has 15 heavy (non-hydrogen) atoms. The molecule has 2 nitrogen and oxygen atoms in total. The first-order valence-electron chi connectivity index (χ1n) is 4.87. The highest BCUT2D eigenvalue weighted by atomic mass is 14.7. The summed E-state index contributed by atoms with van der Waals surface area (Å²) in [6.45, 7) is 2.04. The summed E-state index contributed by atoms with van der Waals surface area (Å²) in [6, 6.07) is 11.8. The fourth-order valence-corrected chi connectivity index (χ4v) is 1.35. The molecule has 0 N–H and O–H groups in total. The SMILES string of the molecule is CC(=Cc1ccccn1)c1ccccn1. The minimum Gasteiger partial charge on any atom is -0.257 e. The van der Waals surface area contributed by atoms with Crippen LogP contribution in [0.4, 0.5) is 0 Å². The molecule has 0 fully saturated rings. The third-order valence-corrected chi connectivity index (χ3v) is 2.12. The molecule has 0 aliphatic carbocycles. The monoisotopic (exact) mass is 196 g/mol. The van der Waals surface area contributed by atoms with Crippen molar-refractivity contribution in [3.05, 3.63) is 60.2 Å². The molecule has 0 atom stereocenters. The zero-order chi connectivity index (χ0) is 10.5. The van der Waals surface area contributed by atoms with E-state index >= 15 is 0 Å². The van der Waals surface area contributed by atoms with Gasteiger partial charge in [-0.15, -0.1) is 0 Å². The van der Waals surface area contributed by atoms with E-state index in [1.807, 2.05) is 49.4 Å². The van der Waals surface area contributed by atoms with Crippen LogP contribution in [0.3, 0.4) is 0 Å². The average molecular weight is 196 g/mol. The predicted molar refractivity (Wildman–Crippen MR) is 62.0 cm³/mol. The van der Waals surface area contributed by atoms with Gasteiger partial charge in [0.05, 0.1) is 11.4 Å². The highest BCUT2D eigenvalue weighted by molar-refractivity contribution is 5.77. The van der Waals surface area contributed by atoms with Crippen molar-refractivity contribution in [2.45, 2.75) is 6.92 Å². The lowest BCUT2D eigenvalue weighted by molar-refractivity contribution is 1.26. The molecule has 0 aliphatic rings. The van der Waals surface area contributed by atoms with E-state index in [0.717, 1.165) is 17.0 Å². The molecular weight excluding hydrogens is 184 g/mol. The molecule has 2 heteroatoms. The number of hydrogen-bond donors (Lipinski definition) is 0. The smallest absolute Gasteiger partial charge is 0.0659 e. The molecule has 2 heterocycles.